The normalized spacial score (nSPS) is 20.2. The molecule has 0 aromatic heterocycles. The summed E-state index contributed by atoms with van der Waals surface area (Å²) < 4.78 is 10.5. The summed E-state index contributed by atoms with van der Waals surface area (Å²) in [6.45, 7) is 5.93. The lowest BCUT2D eigenvalue weighted by Crippen LogP contribution is -2.45. The van der Waals surface area contributed by atoms with Crippen LogP contribution in [0.3, 0.4) is 0 Å². The first-order valence-corrected chi connectivity index (χ1v) is 9.08. The highest BCUT2D eigenvalue weighted by Crippen LogP contribution is 2.33. The summed E-state index contributed by atoms with van der Waals surface area (Å²) in [5, 5.41) is 5.97. The molecule has 1 fully saturated rings. The summed E-state index contributed by atoms with van der Waals surface area (Å²) in [6.07, 6.45) is 2.88. The van der Waals surface area contributed by atoms with Crippen molar-refractivity contribution < 1.29 is 19.1 Å². The van der Waals surface area contributed by atoms with Crippen LogP contribution >= 0.6 is 0 Å². The Kier molecular flexibility index (Phi) is 6.51. The van der Waals surface area contributed by atoms with E-state index in [2.05, 4.69) is 10.6 Å². The van der Waals surface area contributed by atoms with Gasteiger partial charge in [-0.2, -0.15) is 0 Å². The number of anilines is 1. The van der Waals surface area contributed by atoms with E-state index in [0.29, 0.717) is 30.0 Å². The molecule has 1 aromatic carbocycles. The largest absolute Gasteiger partial charge is 0.497 e. The molecule has 1 aliphatic carbocycles. The number of carbonyl (C=O) groups excluding carboxylic acids is 2. The van der Waals surface area contributed by atoms with Crippen LogP contribution in [-0.4, -0.2) is 31.6 Å². The van der Waals surface area contributed by atoms with Crippen LogP contribution in [0.2, 0.25) is 0 Å². The number of hydrogen-bond donors (Lipinski definition) is 2. The van der Waals surface area contributed by atoms with E-state index in [9.17, 15) is 9.59 Å². The molecule has 144 valence electrons. The van der Waals surface area contributed by atoms with Gasteiger partial charge in [-0.05, 0) is 58.6 Å². The van der Waals surface area contributed by atoms with Crippen molar-refractivity contribution >= 4 is 17.5 Å². The third-order valence-electron chi connectivity index (χ3n) is 4.63. The van der Waals surface area contributed by atoms with Crippen molar-refractivity contribution in [3.8, 4) is 11.5 Å². The van der Waals surface area contributed by atoms with Crippen molar-refractivity contribution in [2.75, 3.05) is 19.5 Å². The van der Waals surface area contributed by atoms with Crippen LogP contribution in [0.5, 0.6) is 11.5 Å². The molecule has 0 bridgehead atoms. The Morgan fingerprint density at radius 1 is 0.962 bits per heavy atom. The van der Waals surface area contributed by atoms with Crippen LogP contribution < -0.4 is 20.1 Å². The van der Waals surface area contributed by atoms with Gasteiger partial charge in [0, 0.05) is 23.4 Å². The molecule has 2 rings (SSSR count). The van der Waals surface area contributed by atoms with Crippen LogP contribution in [0.25, 0.3) is 0 Å². The number of nitrogens with one attached hydrogen (secondary N) is 2. The summed E-state index contributed by atoms with van der Waals surface area (Å²) in [5.41, 5.74) is 0.373. The second kappa shape index (κ2) is 8.43. The average Bonchev–Trinajstić information content (AvgIpc) is 2.60. The van der Waals surface area contributed by atoms with Gasteiger partial charge in [-0.3, -0.25) is 9.59 Å². The van der Waals surface area contributed by atoms with Gasteiger partial charge in [-0.25, -0.2) is 0 Å². The number of rotatable bonds is 5. The molecule has 0 heterocycles. The summed E-state index contributed by atoms with van der Waals surface area (Å²) in [7, 11) is 3.15. The standard InChI is InChI=1S/C20H30N2O4/c1-20(2,3)22-19(24)14-8-6-13(7-9-14)18(23)21-16-12-15(25-4)10-11-17(16)26-5/h10-14H,6-9H2,1-5H3,(H,21,23)(H,22,24). The minimum absolute atomic E-state index is 0.00960. The zero-order valence-electron chi connectivity index (χ0n) is 16.3. The Morgan fingerprint density at radius 2 is 1.54 bits per heavy atom. The van der Waals surface area contributed by atoms with E-state index in [-0.39, 0.29) is 29.2 Å². The molecule has 1 aromatic rings. The number of methoxy groups -OCH3 is 2. The molecule has 0 saturated heterocycles. The molecule has 0 unspecified atom stereocenters. The Bertz CT molecular complexity index is 644. The van der Waals surface area contributed by atoms with Gasteiger partial charge in [0.15, 0.2) is 0 Å². The molecule has 0 radical (unpaired) electrons. The molecule has 6 nitrogen and oxygen atoms in total. The smallest absolute Gasteiger partial charge is 0.227 e. The van der Waals surface area contributed by atoms with Crippen molar-refractivity contribution in [3.05, 3.63) is 18.2 Å². The van der Waals surface area contributed by atoms with E-state index in [4.69, 9.17) is 9.47 Å². The maximum atomic E-state index is 12.6. The summed E-state index contributed by atoms with van der Waals surface area (Å²) >= 11 is 0. The maximum Gasteiger partial charge on any atom is 0.227 e. The molecule has 6 heteroatoms. The minimum atomic E-state index is -0.228. The first-order valence-electron chi connectivity index (χ1n) is 9.08. The van der Waals surface area contributed by atoms with Gasteiger partial charge in [0.05, 0.1) is 19.9 Å². The number of ether oxygens (including phenoxy) is 2. The Balaban J connectivity index is 1.94. The summed E-state index contributed by atoms with van der Waals surface area (Å²) in [5.74, 6) is 1.20. The van der Waals surface area contributed by atoms with E-state index in [1.165, 1.54) is 0 Å². The molecule has 1 aliphatic rings. The summed E-state index contributed by atoms with van der Waals surface area (Å²) in [4.78, 5) is 24.9. The van der Waals surface area contributed by atoms with Crippen LogP contribution in [0, 0.1) is 11.8 Å². The summed E-state index contributed by atoms with van der Waals surface area (Å²) in [6, 6.07) is 5.30. The first-order chi connectivity index (χ1) is 12.2. The highest BCUT2D eigenvalue weighted by atomic mass is 16.5. The van der Waals surface area contributed by atoms with Crippen LogP contribution in [0.4, 0.5) is 5.69 Å². The number of amides is 2. The zero-order chi connectivity index (χ0) is 19.3. The highest BCUT2D eigenvalue weighted by Gasteiger charge is 2.31. The second-order valence-electron chi connectivity index (χ2n) is 7.84. The van der Waals surface area contributed by atoms with Crippen molar-refractivity contribution in [3.63, 3.8) is 0 Å². The fourth-order valence-corrected chi connectivity index (χ4v) is 3.24. The van der Waals surface area contributed by atoms with Crippen molar-refractivity contribution in [1.29, 1.82) is 0 Å². The molecule has 0 atom stereocenters. The van der Waals surface area contributed by atoms with Crippen LogP contribution in [-0.2, 0) is 9.59 Å². The molecular formula is C20H30N2O4. The van der Waals surface area contributed by atoms with Gasteiger partial charge in [-0.1, -0.05) is 0 Å². The van der Waals surface area contributed by atoms with E-state index >= 15 is 0 Å². The van der Waals surface area contributed by atoms with Crippen molar-refractivity contribution in [2.45, 2.75) is 52.0 Å². The zero-order valence-corrected chi connectivity index (χ0v) is 16.3. The van der Waals surface area contributed by atoms with Crippen LogP contribution in [0.15, 0.2) is 18.2 Å². The first kappa shape index (κ1) is 20.1. The molecule has 0 spiro atoms. The van der Waals surface area contributed by atoms with Crippen molar-refractivity contribution in [1.82, 2.24) is 5.32 Å². The predicted octanol–water partition coefficient (Wildman–Crippen LogP) is 3.36. The Labute approximate surface area is 155 Å². The molecule has 2 amide bonds. The molecular weight excluding hydrogens is 332 g/mol. The van der Waals surface area contributed by atoms with Gasteiger partial charge in [0.25, 0.3) is 0 Å². The molecule has 26 heavy (non-hydrogen) atoms. The lowest BCUT2D eigenvalue weighted by Gasteiger charge is -2.30. The fourth-order valence-electron chi connectivity index (χ4n) is 3.24. The molecule has 2 N–H and O–H groups in total. The van der Waals surface area contributed by atoms with Gasteiger partial charge in [0.1, 0.15) is 11.5 Å². The molecule has 1 saturated carbocycles. The van der Waals surface area contributed by atoms with E-state index < -0.39 is 0 Å². The monoisotopic (exact) mass is 362 g/mol. The maximum absolute atomic E-state index is 12.6. The van der Waals surface area contributed by atoms with E-state index in [1.807, 2.05) is 20.8 Å². The number of benzene rings is 1. The Hall–Kier alpha value is -2.24. The van der Waals surface area contributed by atoms with E-state index in [1.54, 1.807) is 32.4 Å². The van der Waals surface area contributed by atoms with Gasteiger partial charge in [-0.15, -0.1) is 0 Å². The third-order valence-corrected chi connectivity index (χ3v) is 4.63. The average molecular weight is 362 g/mol. The fraction of sp³-hybridized carbons (Fsp3) is 0.600. The van der Waals surface area contributed by atoms with E-state index in [0.717, 1.165) is 12.8 Å². The predicted molar refractivity (Wildman–Crippen MR) is 102 cm³/mol. The minimum Gasteiger partial charge on any atom is -0.497 e. The van der Waals surface area contributed by atoms with Gasteiger partial charge in [0.2, 0.25) is 11.8 Å². The quantitative estimate of drug-likeness (QED) is 0.842. The van der Waals surface area contributed by atoms with Gasteiger partial charge >= 0.3 is 0 Å². The third kappa shape index (κ3) is 5.38. The topological polar surface area (TPSA) is 76.7 Å². The van der Waals surface area contributed by atoms with Crippen LogP contribution in [0.1, 0.15) is 46.5 Å². The second-order valence-corrected chi connectivity index (χ2v) is 7.84. The number of hydrogen-bond acceptors (Lipinski definition) is 4. The van der Waals surface area contributed by atoms with Gasteiger partial charge < -0.3 is 20.1 Å². The SMILES string of the molecule is COc1ccc(OC)c(NC(=O)C2CCC(C(=O)NC(C)(C)C)CC2)c1. The number of carbonyl (C=O) groups is 2. The van der Waals surface area contributed by atoms with Crippen molar-refractivity contribution in [2.24, 2.45) is 11.8 Å². The molecule has 0 aliphatic heterocycles. The highest BCUT2D eigenvalue weighted by molar-refractivity contribution is 5.94. The Morgan fingerprint density at radius 3 is 2.04 bits per heavy atom. The lowest BCUT2D eigenvalue weighted by molar-refractivity contribution is -0.129. The lowest BCUT2D eigenvalue weighted by atomic mass is 9.81.